The summed E-state index contributed by atoms with van der Waals surface area (Å²) < 4.78 is 29.5. The average molecular weight is 557 g/mol. The number of nitrogens with zero attached hydrogens (tertiary/aromatic N) is 2. The minimum Gasteiger partial charge on any atom is -0.312 e. The van der Waals surface area contributed by atoms with E-state index in [2.05, 4.69) is 0 Å². The molecule has 0 atom stereocenters. The molecule has 198 valence electrons. The number of imide groups is 1. The maximum absolute atomic E-state index is 14.8. The van der Waals surface area contributed by atoms with Crippen LogP contribution in [0.2, 0.25) is 0 Å². The molecule has 0 bridgehead atoms. The normalized spacial score (nSPS) is 15.5. The van der Waals surface area contributed by atoms with E-state index >= 15 is 0 Å². The van der Waals surface area contributed by atoms with E-state index in [1.165, 1.54) is 4.90 Å². The van der Waals surface area contributed by atoms with Gasteiger partial charge in [0.25, 0.3) is 5.91 Å². The van der Waals surface area contributed by atoms with E-state index in [4.69, 9.17) is 0 Å². The first-order valence-electron chi connectivity index (χ1n) is 12.7. The predicted molar refractivity (Wildman–Crippen MR) is 157 cm³/mol. The van der Waals surface area contributed by atoms with Gasteiger partial charge in [-0.3, -0.25) is 9.69 Å². The Hall–Kier alpha value is -3.72. The van der Waals surface area contributed by atoms with Gasteiger partial charge in [0.15, 0.2) is 14.3 Å². The van der Waals surface area contributed by atoms with E-state index < -0.39 is 31.8 Å². The molecular formula is C31H30N2O4P2. The van der Waals surface area contributed by atoms with Crippen LogP contribution in [0.25, 0.3) is 0 Å². The fourth-order valence-corrected chi connectivity index (χ4v) is 10.4. The molecule has 4 aromatic carbocycles. The smallest absolute Gasteiger partial charge is 0.312 e. The van der Waals surface area contributed by atoms with Crippen LogP contribution in [0.5, 0.6) is 0 Å². The summed E-state index contributed by atoms with van der Waals surface area (Å²) in [6, 6.07) is 35.4. The van der Waals surface area contributed by atoms with Gasteiger partial charge >= 0.3 is 6.03 Å². The molecule has 4 aromatic rings. The molecule has 0 spiro atoms. The summed E-state index contributed by atoms with van der Waals surface area (Å²) >= 11 is 0. The third kappa shape index (κ3) is 4.80. The highest BCUT2D eigenvalue weighted by atomic mass is 31.2. The molecule has 1 aliphatic rings. The van der Waals surface area contributed by atoms with E-state index in [0.29, 0.717) is 21.2 Å². The highest BCUT2D eigenvalue weighted by Gasteiger charge is 2.54. The quantitative estimate of drug-likeness (QED) is 0.227. The summed E-state index contributed by atoms with van der Waals surface area (Å²) in [7, 11) is -6.76. The lowest BCUT2D eigenvalue weighted by Gasteiger charge is -2.32. The van der Waals surface area contributed by atoms with Crippen molar-refractivity contribution >= 4 is 47.4 Å². The Balaban J connectivity index is 1.55. The third-order valence-electron chi connectivity index (χ3n) is 7.28. The van der Waals surface area contributed by atoms with Crippen molar-refractivity contribution in [3.63, 3.8) is 0 Å². The van der Waals surface area contributed by atoms with Gasteiger partial charge < -0.3 is 14.0 Å². The Morgan fingerprint density at radius 2 is 0.846 bits per heavy atom. The molecule has 1 heterocycles. The second-order valence-electron chi connectivity index (χ2n) is 10.1. The fraction of sp³-hybridized carbons (Fsp3) is 0.161. The van der Waals surface area contributed by atoms with Crippen LogP contribution in [-0.4, -0.2) is 39.8 Å². The minimum atomic E-state index is -3.41. The van der Waals surface area contributed by atoms with E-state index in [1.807, 2.05) is 48.5 Å². The van der Waals surface area contributed by atoms with E-state index in [9.17, 15) is 18.7 Å². The average Bonchev–Trinajstić information content (AvgIpc) is 3.13. The summed E-state index contributed by atoms with van der Waals surface area (Å²) in [5.41, 5.74) is -1.28. The summed E-state index contributed by atoms with van der Waals surface area (Å²) in [5.74, 6) is -0.465. The highest BCUT2D eigenvalue weighted by molar-refractivity contribution is 7.79. The summed E-state index contributed by atoms with van der Waals surface area (Å²) in [4.78, 5) is 30.3. The number of urea groups is 1. The molecule has 0 aromatic heterocycles. The topological polar surface area (TPSA) is 74.8 Å². The number of hydrogen-bond donors (Lipinski definition) is 0. The van der Waals surface area contributed by atoms with Crippen LogP contribution < -0.4 is 21.2 Å². The van der Waals surface area contributed by atoms with Crippen molar-refractivity contribution in [2.24, 2.45) is 0 Å². The number of carbonyl (C=O) groups excluding carboxylic acids is 2. The Morgan fingerprint density at radius 1 is 0.538 bits per heavy atom. The lowest BCUT2D eigenvalue weighted by atomic mass is 10.1. The van der Waals surface area contributed by atoms with Crippen LogP contribution in [-0.2, 0) is 13.9 Å². The van der Waals surface area contributed by atoms with Crippen LogP contribution >= 0.6 is 14.3 Å². The zero-order valence-electron chi connectivity index (χ0n) is 21.9. The van der Waals surface area contributed by atoms with Gasteiger partial charge in [-0.15, -0.1) is 0 Å². The number of rotatable bonds is 8. The third-order valence-corrected chi connectivity index (χ3v) is 13.2. The zero-order chi connectivity index (χ0) is 27.7. The summed E-state index contributed by atoms with van der Waals surface area (Å²) in [5, 5.41) is 2.33. The molecule has 1 fully saturated rings. The molecule has 3 amide bonds. The van der Waals surface area contributed by atoms with Gasteiger partial charge in [0.1, 0.15) is 5.54 Å². The zero-order valence-corrected chi connectivity index (χ0v) is 23.7. The number of hydrogen-bond acceptors (Lipinski definition) is 4. The molecule has 0 saturated carbocycles. The predicted octanol–water partition coefficient (Wildman–Crippen LogP) is 4.97. The summed E-state index contributed by atoms with van der Waals surface area (Å²) in [6.07, 6.45) is -0.435. The van der Waals surface area contributed by atoms with Crippen LogP contribution in [0.3, 0.4) is 0 Å². The second-order valence-corrected chi connectivity index (χ2v) is 15.7. The van der Waals surface area contributed by atoms with Crippen molar-refractivity contribution in [3.05, 3.63) is 121 Å². The molecule has 5 rings (SSSR count). The lowest BCUT2D eigenvalue weighted by Crippen LogP contribution is -2.46. The van der Waals surface area contributed by atoms with Gasteiger partial charge in [-0.05, 0) is 13.8 Å². The molecule has 0 N–H and O–H groups in total. The van der Waals surface area contributed by atoms with Crippen molar-refractivity contribution < 1.29 is 18.7 Å². The van der Waals surface area contributed by atoms with Gasteiger partial charge in [-0.1, -0.05) is 121 Å². The Labute approximate surface area is 229 Å². The molecule has 1 saturated heterocycles. The van der Waals surface area contributed by atoms with E-state index in [0.717, 1.165) is 4.90 Å². The molecule has 0 unspecified atom stereocenters. The van der Waals surface area contributed by atoms with E-state index in [1.54, 1.807) is 86.6 Å². The van der Waals surface area contributed by atoms with Crippen molar-refractivity contribution in [1.82, 2.24) is 9.80 Å². The molecule has 8 heteroatoms. The monoisotopic (exact) mass is 556 g/mol. The molecule has 1 aliphatic heterocycles. The standard InChI is InChI=1S/C31H30N2O4P2/c1-31(2)29(34)32(23-38(36,25-15-7-3-8-16-25)26-17-9-4-10-18-26)30(35)33(31)24-39(37,27-19-11-5-12-20-27)28-21-13-6-14-22-28/h3-22H,23-24H2,1-2H3. The number of amides is 3. The van der Waals surface area contributed by atoms with Gasteiger partial charge in [-0.2, -0.15) is 0 Å². The molecule has 39 heavy (non-hydrogen) atoms. The van der Waals surface area contributed by atoms with Crippen LogP contribution in [0.1, 0.15) is 13.8 Å². The lowest BCUT2D eigenvalue weighted by molar-refractivity contribution is -0.131. The van der Waals surface area contributed by atoms with Gasteiger partial charge in [-0.25, -0.2) is 4.79 Å². The van der Waals surface area contributed by atoms with Crippen LogP contribution in [0.4, 0.5) is 4.79 Å². The largest absolute Gasteiger partial charge is 0.328 e. The molecule has 0 radical (unpaired) electrons. The molecule has 6 nitrogen and oxygen atoms in total. The fourth-order valence-electron chi connectivity index (χ4n) is 4.98. The Morgan fingerprint density at radius 3 is 1.18 bits per heavy atom. The van der Waals surface area contributed by atoms with Gasteiger partial charge in [0.2, 0.25) is 0 Å². The van der Waals surface area contributed by atoms with Gasteiger partial charge in [0, 0.05) is 21.2 Å². The maximum atomic E-state index is 14.8. The first-order chi connectivity index (χ1) is 18.7. The Bertz CT molecular complexity index is 1490. The number of carbonyl (C=O) groups is 2. The van der Waals surface area contributed by atoms with Crippen molar-refractivity contribution in [1.29, 1.82) is 0 Å². The summed E-state index contributed by atoms with van der Waals surface area (Å²) in [6.45, 7) is 3.31. The van der Waals surface area contributed by atoms with Crippen molar-refractivity contribution in [3.8, 4) is 0 Å². The van der Waals surface area contributed by atoms with Crippen LogP contribution in [0, 0.1) is 0 Å². The molecule has 0 aliphatic carbocycles. The van der Waals surface area contributed by atoms with Crippen molar-refractivity contribution in [2.75, 3.05) is 12.6 Å². The first-order valence-corrected chi connectivity index (χ1v) is 16.5. The second kappa shape index (κ2) is 10.4. The SMILES string of the molecule is CC1(C)C(=O)N(CP(=O)(c2ccccc2)c2ccccc2)C(=O)N1CP(=O)(c1ccccc1)c1ccccc1. The first kappa shape index (κ1) is 26.9. The van der Waals surface area contributed by atoms with Gasteiger partial charge in [0.05, 0.1) is 12.6 Å². The van der Waals surface area contributed by atoms with E-state index in [-0.39, 0.29) is 12.6 Å². The van der Waals surface area contributed by atoms with Crippen molar-refractivity contribution in [2.45, 2.75) is 19.4 Å². The number of benzene rings is 4. The Kier molecular flexibility index (Phi) is 7.20. The maximum Gasteiger partial charge on any atom is 0.328 e. The highest BCUT2D eigenvalue weighted by Crippen LogP contribution is 2.49. The minimum absolute atomic E-state index is 0.157. The van der Waals surface area contributed by atoms with Crippen LogP contribution in [0.15, 0.2) is 121 Å². The molecular weight excluding hydrogens is 526 g/mol.